The number of phenols is 2. The molecule has 2 aromatic carbocycles. The summed E-state index contributed by atoms with van der Waals surface area (Å²) in [5.41, 5.74) is 5.05. The highest BCUT2D eigenvalue weighted by Crippen LogP contribution is 2.43. The third-order valence-corrected chi connectivity index (χ3v) is 8.83. The number of carbonyl (C=O) groups is 2. The van der Waals surface area contributed by atoms with Gasteiger partial charge in [-0.1, -0.05) is 114 Å². The van der Waals surface area contributed by atoms with Crippen LogP contribution in [0.2, 0.25) is 0 Å². The van der Waals surface area contributed by atoms with E-state index in [0.717, 1.165) is 47.1 Å². The van der Waals surface area contributed by atoms with E-state index in [-0.39, 0.29) is 39.4 Å². The molecule has 0 saturated carbocycles. The summed E-state index contributed by atoms with van der Waals surface area (Å²) in [5, 5.41) is 28.5. The van der Waals surface area contributed by atoms with Crippen LogP contribution in [-0.4, -0.2) is 35.1 Å². The van der Waals surface area contributed by atoms with E-state index in [9.17, 15) is 19.8 Å². The summed E-state index contributed by atoms with van der Waals surface area (Å²) in [6.45, 7) is 28.3. The Kier molecular flexibility index (Phi) is 13.0. The molecule has 0 radical (unpaired) electrons. The number of phenolic OH excluding ortho intramolecular Hbond substituents is 2. The Balaban J connectivity index is 2.18. The summed E-state index contributed by atoms with van der Waals surface area (Å²) < 4.78 is 0. The summed E-state index contributed by atoms with van der Waals surface area (Å²) in [6, 6.07) is 8.39. The zero-order valence-corrected chi connectivity index (χ0v) is 31.3. The minimum atomic E-state index is -0.228. The number of amides is 2. The Morgan fingerprint density at radius 2 is 1.04 bits per heavy atom. The van der Waals surface area contributed by atoms with Crippen molar-refractivity contribution in [1.82, 2.24) is 10.6 Å². The lowest BCUT2D eigenvalue weighted by Gasteiger charge is -2.30. The average Bonchev–Trinajstić information content (AvgIpc) is 2.91. The summed E-state index contributed by atoms with van der Waals surface area (Å²) in [7, 11) is 0. The molecule has 4 N–H and O–H groups in total. The second-order valence-electron chi connectivity index (χ2n) is 17.2. The van der Waals surface area contributed by atoms with Gasteiger partial charge in [0.25, 0.3) is 0 Å². The van der Waals surface area contributed by atoms with E-state index < -0.39 is 0 Å². The second kappa shape index (κ2) is 15.3. The van der Waals surface area contributed by atoms with Crippen molar-refractivity contribution in [3.63, 3.8) is 0 Å². The van der Waals surface area contributed by atoms with Crippen LogP contribution in [0.5, 0.6) is 11.5 Å². The standard InChI is InChI=1S/C40H64N2O4/c1-14-33(43)42-21-19-27(28-24-31(39(8,9)10)36(46)32(25-28)40(11,12)13)16-15-20-41-34(44)18-17-26-22-29(37(2,3)4)35(45)30(23-26)38(5,6)7/h22-25,27,45-46H,14-21H2,1-13H3,(H,41,44)(H,42,43). The molecule has 6 nitrogen and oxygen atoms in total. The molecule has 6 heteroatoms. The largest absolute Gasteiger partial charge is 0.507 e. The fourth-order valence-corrected chi connectivity index (χ4v) is 5.93. The zero-order valence-electron chi connectivity index (χ0n) is 31.3. The van der Waals surface area contributed by atoms with Gasteiger partial charge in [0.05, 0.1) is 0 Å². The van der Waals surface area contributed by atoms with Crippen LogP contribution >= 0.6 is 0 Å². The Morgan fingerprint density at radius 1 is 0.630 bits per heavy atom. The third-order valence-electron chi connectivity index (χ3n) is 8.83. The van der Waals surface area contributed by atoms with Crippen molar-refractivity contribution in [2.24, 2.45) is 0 Å². The van der Waals surface area contributed by atoms with Crippen LogP contribution in [0.1, 0.15) is 161 Å². The van der Waals surface area contributed by atoms with Crippen molar-refractivity contribution in [3.8, 4) is 11.5 Å². The van der Waals surface area contributed by atoms with Crippen LogP contribution < -0.4 is 10.6 Å². The fourth-order valence-electron chi connectivity index (χ4n) is 5.93. The molecule has 2 amide bonds. The van der Waals surface area contributed by atoms with E-state index in [1.807, 2.05) is 6.92 Å². The highest BCUT2D eigenvalue weighted by atomic mass is 16.3. The van der Waals surface area contributed by atoms with Crippen LogP contribution in [0.3, 0.4) is 0 Å². The molecule has 0 aliphatic rings. The molecular weight excluding hydrogens is 572 g/mol. The molecule has 0 spiro atoms. The summed E-state index contributed by atoms with van der Waals surface area (Å²) in [5.74, 6) is 0.951. The van der Waals surface area contributed by atoms with Crippen molar-refractivity contribution in [2.75, 3.05) is 13.1 Å². The monoisotopic (exact) mass is 636 g/mol. The van der Waals surface area contributed by atoms with E-state index in [1.165, 1.54) is 5.56 Å². The number of carbonyl (C=O) groups excluding carboxylic acids is 2. The van der Waals surface area contributed by atoms with Gasteiger partial charge in [0.1, 0.15) is 11.5 Å². The van der Waals surface area contributed by atoms with E-state index >= 15 is 0 Å². The van der Waals surface area contributed by atoms with E-state index in [2.05, 4.69) is 118 Å². The number of rotatable bonds is 12. The van der Waals surface area contributed by atoms with Gasteiger partial charge in [0.15, 0.2) is 0 Å². The first kappa shape index (κ1) is 39.2. The van der Waals surface area contributed by atoms with Gasteiger partial charge >= 0.3 is 0 Å². The van der Waals surface area contributed by atoms with Crippen molar-refractivity contribution in [3.05, 3.63) is 57.6 Å². The highest BCUT2D eigenvalue weighted by Gasteiger charge is 2.29. The Hall–Kier alpha value is -3.02. The van der Waals surface area contributed by atoms with Crippen LogP contribution in [0.4, 0.5) is 0 Å². The molecule has 0 aromatic heterocycles. The van der Waals surface area contributed by atoms with Crippen LogP contribution in [0.25, 0.3) is 0 Å². The van der Waals surface area contributed by atoms with E-state index in [4.69, 9.17) is 0 Å². The van der Waals surface area contributed by atoms with Gasteiger partial charge in [0, 0.05) is 25.9 Å². The lowest BCUT2D eigenvalue weighted by atomic mass is 9.76. The van der Waals surface area contributed by atoms with Gasteiger partial charge in [0.2, 0.25) is 11.8 Å². The van der Waals surface area contributed by atoms with E-state index in [0.29, 0.717) is 43.9 Å². The van der Waals surface area contributed by atoms with Crippen molar-refractivity contribution >= 4 is 11.8 Å². The number of aromatic hydroxyl groups is 2. The average molecular weight is 637 g/mol. The lowest BCUT2D eigenvalue weighted by Crippen LogP contribution is -2.26. The van der Waals surface area contributed by atoms with Crippen LogP contribution in [-0.2, 0) is 37.7 Å². The number of hydrogen-bond donors (Lipinski definition) is 4. The molecule has 1 atom stereocenters. The minimum Gasteiger partial charge on any atom is -0.507 e. The second-order valence-corrected chi connectivity index (χ2v) is 17.2. The van der Waals surface area contributed by atoms with Crippen LogP contribution in [0, 0.1) is 0 Å². The number of hydrogen-bond acceptors (Lipinski definition) is 4. The highest BCUT2D eigenvalue weighted by molar-refractivity contribution is 5.76. The SMILES string of the molecule is CCC(=O)NCCC(CCCNC(=O)CCc1cc(C(C)(C)C)c(O)c(C(C)(C)C)c1)c1cc(C(C)(C)C)c(O)c(C(C)(C)C)c1. The molecule has 1 unspecified atom stereocenters. The summed E-state index contributed by atoms with van der Waals surface area (Å²) in [6.07, 6.45) is 3.88. The number of nitrogens with one attached hydrogen (secondary N) is 2. The molecule has 0 aliphatic carbocycles. The number of benzene rings is 2. The minimum absolute atomic E-state index is 0.0177. The van der Waals surface area contributed by atoms with E-state index in [1.54, 1.807) is 0 Å². The van der Waals surface area contributed by atoms with Crippen molar-refractivity contribution in [2.45, 2.75) is 156 Å². The van der Waals surface area contributed by atoms with Gasteiger partial charge < -0.3 is 20.8 Å². The van der Waals surface area contributed by atoms with Gasteiger partial charge in [-0.3, -0.25) is 9.59 Å². The van der Waals surface area contributed by atoms with Crippen molar-refractivity contribution < 1.29 is 19.8 Å². The molecule has 0 saturated heterocycles. The summed E-state index contributed by atoms with van der Waals surface area (Å²) in [4.78, 5) is 24.9. The Bertz CT molecular complexity index is 1280. The molecule has 0 bridgehead atoms. The van der Waals surface area contributed by atoms with Crippen LogP contribution in [0.15, 0.2) is 24.3 Å². The molecule has 2 aromatic rings. The molecule has 258 valence electrons. The Labute approximate surface area is 280 Å². The number of aryl methyl sites for hydroxylation is 1. The predicted octanol–water partition coefficient (Wildman–Crippen LogP) is 8.82. The predicted molar refractivity (Wildman–Crippen MR) is 192 cm³/mol. The maximum atomic E-state index is 13.0. The smallest absolute Gasteiger partial charge is 0.220 e. The third kappa shape index (κ3) is 11.1. The molecule has 0 heterocycles. The molecule has 0 aliphatic heterocycles. The first-order valence-corrected chi connectivity index (χ1v) is 17.2. The normalized spacial score (nSPS) is 13.4. The van der Waals surface area contributed by atoms with Gasteiger partial charge in [-0.05, 0) is 86.6 Å². The molecule has 2 rings (SSSR count). The summed E-state index contributed by atoms with van der Waals surface area (Å²) >= 11 is 0. The molecule has 0 fully saturated rings. The molecule has 46 heavy (non-hydrogen) atoms. The maximum absolute atomic E-state index is 13.0. The van der Waals surface area contributed by atoms with Gasteiger partial charge in [-0.2, -0.15) is 0 Å². The first-order chi connectivity index (χ1) is 21.0. The first-order valence-electron chi connectivity index (χ1n) is 17.2. The van der Waals surface area contributed by atoms with Crippen molar-refractivity contribution in [1.29, 1.82) is 0 Å². The lowest BCUT2D eigenvalue weighted by molar-refractivity contribution is -0.121. The quantitative estimate of drug-likeness (QED) is 0.175. The Morgan fingerprint density at radius 3 is 1.46 bits per heavy atom. The zero-order chi connectivity index (χ0) is 35.3. The molecular formula is C40H64N2O4. The topological polar surface area (TPSA) is 98.7 Å². The maximum Gasteiger partial charge on any atom is 0.220 e. The van der Waals surface area contributed by atoms with Gasteiger partial charge in [-0.25, -0.2) is 0 Å². The fraction of sp³-hybridized carbons (Fsp3) is 0.650. The van der Waals surface area contributed by atoms with Gasteiger partial charge in [-0.15, -0.1) is 0 Å².